The Balaban J connectivity index is 2.71. The van der Waals surface area contributed by atoms with Crippen molar-refractivity contribution in [3.05, 3.63) is 46.3 Å². The average molecular weight is 387 g/mol. The lowest BCUT2D eigenvalue weighted by molar-refractivity contribution is -0.144. The first-order valence-corrected chi connectivity index (χ1v) is 11.1. The first kappa shape index (κ1) is 24.5. The Morgan fingerprint density at radius 1 is 0.857 bits per heavy atom. The van der Waals surface area contributed by atoms with Crippen LogP contribution in [0.15, 0.2) is 46.3 Å². The molecule has 0 spiro atoms. The molecule has 2 heteroatoms. The van der Waals surface area contributed by atoms with Crippen molar-refractivity contribution in [2.45, 2.75) is 106 Å². The lowest BCUT2D eigenvalue weighted by Crippen LogP contribution is -2.15. The Morgan fingerprint density at radius 3 is 2.11 bits per heavy atom. The number of allylic oxidation sites excluding steroid dienone is 8. The molecule has 0 bridgehead atoms. The predicted molar refractivity (Wildman–Crippen MR) is 121 cm³/mol. The van der Waals surface area contributed by atoms with Crippen molar-refractivity contribution in [1.82, 2.24) is 0 Å². The fraction of sp³-hybridized carbons (Fsp3) is 0.654. The molecule has 0 N–H and O–H groups in total. The van der Waals surface area contributed by atoms with E-state index in [0.29, 0.717) is 0 Å². The zero-order valence-corrected chi connectivity index (χ0v) is 19.2. The molecule has 0 heterocycles. The molecule has 1 saturated carbocycles. The van der Waals surface area contributed by atoms with Gasteiger partial charge in [0, 0.05) is 6.42 Å². The van der Waals surface area contributed by atoms with Crippen LogP contribution in [0.5, 0.6) is 0 Å². The molecule has 2 nitrogen and oxygen atoms in total. The van der Waals surface area contributed by atoms with Crippen molar-refractivity contribution < 1.29 is 9.53 Å². The molecule has 0 saturated heterocycles. The summed E-state index contributed by atoms with van der Waals surface area (Å²) in [5.41, 5.74) is 5.38. The van der Waals surface area contributed by atoms with Crippen LogP contribution in [-0.2, 0) is 9.53 Å². The number of carbonyl (C=O) groups excluding carboxylic acids is 1. The Kier molecular flexibility index (Phi) is 11.9. The lowest BCUT2D eigenvalue weighted by Gasteiger charge is -2.16. The monoisotopic (exact) mass is 386 g/mol. The minimum absolute atomic E-state index is 0.000551. The van der Waals surface area contributed by atoms with E-state index in [1.807, 2.05) is 0 Å². The molecule has 158 valence electrons. The normalized spacial score (nSPS) is 16.8. The van der Waals surface area contributed by atoms with Crippen LogP contribution in [0.25, 0.3) is 0 Å². The van der Waals surface area contributed by atoms with Crippen LogP contribution in [0.2, 0.25) is 0 Å². The van der Waals surface area contributed by atoms with Gasteiger partial charge < -0.3 is 4.74 Å². The number of hydrogen-bond donors (Lipinski definition) is 0. The molecule has 28 heavy (non-hydrogen) atoms. The minimum Gasteiger partial charge on any atom is -0.431 e. The summed E-state index contributed by atoms with van der Waals surface area (Å²) in [5, 5.41) is 0. The van der Waals surface area contributed by atoms with Gasteiger partial charge in [0.25, 0.3) is 0 Å². The molecular weight excluding hydrogens is 344 g/mol. The van der Waals surface area contributed by atoms with Crippen LogP contribution < -0.4 is 0 Å². The second kappa shape index (κ2) is 13.6. The van der Waals surface area contributed by atoms with Gasteiger partial charge in [-0.25, -0.2) is 0 Å². The van der Waals surface area contributed by atoms with Gasteiger partial charge >= 0.3 is 5.97 Å². The minimum atomic E-state index is -0.000551. The van der Waals surface area contributed by atoms with Crippen molar-refractivity contribution in [1.29, 1.82) is 0 Å². The molecule has 0 amide bonds. The summed E-state index contributed by atoms with van der Waals surface area (Å²) in [6.07, 6.45) is 17.0. The van der Waals surface area contributed by atoms with E-state index < -0.39 is 0 Å². The smallest absolute Gasteiger partial charge is 0.314 e. The maximum atomic E-state index is 12.6. The van der Waals surface area contributed by atoms with Crippen molar-refractivity contribution in [3.63, 3.8) is 0 Å². The van der Waals surface area contributed by atoms with Crippen molar-refractivity contribution in [2.75, 3.05) is 0 Å². The Morgan fingerprint density at radius 2 is 1.50 bits per heavy atom. The maximum Gasteiger partial charge on any atom is 0.314 e. The number of carbonyl (C=O) groups is 1. The highest BCUT2D eigenvalue weighted by molar-refractivity contribution is 5.73. The first-order chi connectivity index (χ1) is 13.3. The van der Waals surface area contributed by atoms with Crippen LogP contribution in [0, 0.1) is 5.92 Å². The molecule has 0 aromatic heterocycles. The van der Waals surface area contributed by atoms with Gasteiger partial charge in [-0.05, 0) is 92.1 Å². The van der Waals surface area contributed by atoms with Crippen LogP contribution in [0.4, 0.5) is 0 Å². The summed E-state index contributed by atoms with van der Waals surface area (Å²) in [6.45, 7) is 12.9. The van der Waals surface area contributed by atoms with E-state index >= 15 is 0 Å². The molecule has 0 unspecified atom stereocenters. The van der Waals surface area contributed by atoms with Gasteiger partial charge in [-0.2, -0.15) is 0 Å². The number of hydrogen-bond acceptors (Lipinski definition) is 2. The van der Waals surface area contributed by atoms with Gasteiger partial charge in [0.2, 0.25) is 0 Å². The third-order valence-corrected chi connectivity index (χ3v) is 5.73. The second-order valence-corrected chi connectivity index (χ2v) is 8.65. The van der Waals surface area contributed by atoms with Crippen LogP contribution in [0.3, 0.4) is 0 Å². The van der Waals surface area contributed by atoms with Gasteiger partial charge in [0.05, 0.1) is 5.92 Å². The largest absolute Gasteiger partial charge is 0.431 e. The van der Waals surface area contributed by atoms with E-state index in [1.54, 1.807) is 0 Å². The molecule has 0 aromatic carbocycles. The highest BCUT2D eigenvalue weighted by atomic mass is 16.5. The van der Waals surface area contributed by atoms with Crippen LogP contribution in [0.1, 0.15) is 106 Å². The molecule has 0 aliphatic heterocycles. The van der Waals surface area contributed by atoms with Crippen molar-refractivity contribution >= 4 is 5.97 Å². The zero-order valence-electron chi connectivity index (χ0n) is 19.2. The average Bonchev–Trinajstić information content (AvgIpc) is 3.19. The van der Waals surface area contributed by atoms with Gasteiger partial charge in [0.15, 0.2) is 0 Å². The molecule has 1 rings (SSSR count). The molecule has 1 aliphatic carbocycles. The van der Waals surface area contributed by atoms with E-state index in [2.05, 4.69) is 59.8 Å². The van der Waals surface area contributed by atoms with E-state index in [9.17, 15) is 4.79 Å². The summed E-state index contributed by atoms with van der Waals surface area (Å²) in [4.78, 5) is 12.6. The summed E-state index contributed by atoms with van der Waals surface area (Å²) >= 11 is 0. The fourth-order valence-corrected chi connectivity index (χ4v) is 3.54. The Labute approximate surface area is 173 Å². The van der Waals surface area contributed by atoms with Crippen LogP contribution >= 0.6 is 0 Å². The van der Waals surface area contributed by atoms with Gasteiger partial charge in [0.1, 0.15) is 5.76 Å². The van der Waals surface area contributed by atoms with E-state index in [0.717, 1.165) is 70.0 Å². The lowest BCUT2D eigenvalue weighted by atomic mass is 10.0. The van der Waals surface area contributed by atoms with Crippen LogP contribution in [-0.4, -0.2) is 5.97 Å². The Hall–Kier alpha value is -1.57. The third kappa shape index (κ3) is 10.1. The molecule has 1 aliphatic rings. The third-order valence-electron chi connectivity index (χ3n) is 5.73. The molecule has 0 aromatic rings. The highest BCUT2D eigenvalue weighted by Gasteiger charge is 2.25. The summed E-state index contributed by atoms with van der Waals surface area (Å²) in [7, 11) is 0. The molecule has 1 fully saturated rings. The predicted octanol–water partition coefficient (Wildman–Crippen LogP) is 8.21. The fourth-order valence-electron chi connectivity index (χ4n) is 3.54. The van der Waals surface area contributed by atoms with E-state index in [4.69, 9.17) is 4.74 Å². The SMILES string of the molecule is C/C=C(\C)CC/C=C(\C)CC/C(OC(=O)C1CCCC1)=C(/C)CCC=C(C)C. The highest BCUT2D eigenvalue weighted by Crippen LogP contribution is 2.28. The number of ether oxygens (including phenoxy) is 1. The topological polar surface area (TPSA) is 26.3 Å². The summed E-state index contributed by atoms with van der Waals surface area (Å²) in [5.74, 6) is 1.02. The van der Waals surface area contributed by atoms with Gasteiger partial charge in [-0.1, -0.05) is 47.8 Å². The summed E-state index contributed by atoms with van der Waals surface area (Å²) in [6, 6.07) is 0. The zero-order chi connectivity index (χ0) is 20.9. The summed E-state index contributed by atoms with van der Waals surface area (Å²) < 4.78 is 5.95. The molecule has 0 atom stereocenters. The van der Waals surface area contributed by atoms with E-state index in [1.165, 1.54) is 22.3 Å². The Bertz CT molecular complexity index is 606. The van der Waals surface area contributed by atoms with Crippen molar-refractivity contribution in [3.8, 4) is 0 Å². The van der Waals surface area contributed by atoms with Gasteiger partial charge in [-0.15, -0.1) is 0 Å². The first-order valence-electron chi connectivity index (χ1n) is 11.1. The number of esters is 1. The number of rotatable bonds is 11. The van der Waals surface area contributed by atoms with E-state index in [-0.39, 0.29) is 11.9 Å². The quantitative estimate of drug-likeness (QED) is 0.203. The molecular formula is C26H42O2. The maximum absolute atomic E-state index is 12.6. The standard InChI is InChI=1S/C26H42O2/c1-7-21(4)13-11-14-22(5)18-19-25(23(6)15-10-12-20(2)3)28-26(27)24-16-8-9-17-24/h7,12,14,24H,8-11,13,15-19H2,1-6H3/b21-7+,22-14+,25-23+. The van der Waals surface area contributed by atoms with Crippen molar-refractivity contribution in [2.24, 2.45) is 5.92 Å². The second-order valence-electron chi connectivity index (χ2n) is 8.65. The van der Waals surface area contributed by atoms with Gasteiger partial charge in [-0.3, -0.25) is 4.79 Å². The molecule has 0 radical (unpaired) electrons.